The molecule has 128 valence electrons. The first kappa shape index (κ1) is 20.6. The Labute approximate surface area is 159 Å². The van der Waals surface area contributed by atoms with E-state index < -0.39 is 29.2 Å². The zero-order valence-electron chi connectivity index (χ0n) is 12.1. The third-order valence-electron chi connectivity index (χ3n) is 2.93. The Kier molecular flexibility index (Phi) is 6.83. The summed E-state index contributed by atoms with van der Waals surface area (Å²) in [6, 6.07) is 4.27. The minimum Gasteiger partial charge on any atom is -0.480 e. The molecule has 1 rings (SSSR count). The van der Waals surface area contributed by atoms with Crippen LogP contribution in [0.15, 0.2) is 29.2 Å². The number of carboxylic acids is 1. The average Bonchev–Trinajstić information content (AvgIpc) is 2.42. The summed E-state index contributed by atoms with van der Waals surface area (Å²) in [5.41, 5.74) is 0.0507. The van der Waals surface area contributed by atoms with Crippen molar-refractivity contribution in [3.05, 3.63) is 29.8 Å². The van der Waals surface area contributed by atoms with Crippen LogP contribution in [-0.2, 0) is 14.6 Å². The zero-order chi connectivity index (χ0) is 18.0. The molecule has 1 atom stereocenters. The number of carbonyl (C=O) groups excluding carboxylic acids is 1. The van der Waals surface area contributed by atoms with Gasteiger partial charge in [-0.15, -0.1) is 0 Å². The van der Waals surface area contributed by atoms with Crippen molar-refractivity contribution in [2.45, 2.75) is 26.3 Å². The number of hydrogen-bond acceptors (Lipinski definition) is 4. The molecular weight excluding hydrogens is 522 g/mol. The van der Waals surface area contributed by atoms with E-state index in [2.05, 4.69) is 53.1 Å². The highest BCUT2D eigenvalue weighted by molar-refractivity contribution is 9.42. The molecule has 0 fully saturated rings. The maximum absolute atomic E-state index is 12.3. The fourth-order valence-corrected chi connectivity index (χ4v) is 4.17. The molecule has 0 aliphatic carbocycles. The number of aliphatic carboxylic acids is 1. The monoisotopic (exact) mass is 533 g/mol. The Morgan fingerprint density at radius 1 is 1.22 bits per heavy atom. The van der Waals surface area contributed by atoms with Gasteiger partial charge in [-0.3, -0.25) is 4.79 Å². The van der Waals surface area contributed by atoms with Crippen molar-refractivity contribution in [1.82, 2.24) is 5.32 Å². The molecule has 1 aromatic rings. The van der Waals surface area contributed by atoms with Crippen LogP contribution in [0.3, 0.4) is 0 Å². The van der Waals surface area contributed by atoms with Crippen molar-refractivity contribution in [2.75, 3.05) is 0 Å². The molecule has 1 unspecified atom stereocenters. The van der Waals surface area contributed by atoms with Crippen LogP contribution in [-0.4, -0.2) is 32.9 Å². The molecule has 0 spiro atoms. The third kappa shape index (κ3) is 5.01. The molecule has 6 nitrogen and oxygen atoms in total. The zero-order valence-corrected chi connectivity index (χ0v) is 17.7. The molecule has 0 aromatic heterocycles. The van der Waals surface area contributed by atoms with E-state index in [9.17, 15) is 18.0 Å². The van der Waals surface area contributed by atoms with Crippen molar-refractivity contribution < 1.29 is 23.1 Å². The van der Waals surface area contributed by atoms with E-state index in [4.69, 9.17) is 5.11 Å². The number of benzene rings is 1. The molecule has 23 heavy (non-hydrogen) atoms. The van der Waals surface area contributed by atoms with Gasteiger partial charge in [-0.1, -0.05) is 19.9 Å². The highest BCUT2D eigenvalue weighted by Gasteiger charge is 2.37. The first-order chi connectivity index (χ1) is 10.4. The summed E-state index contributed by atoms with van der Waals surface area (Å²) in [5.74, 6) is -2.13. The van der Waals surface area contributed by atoms with Gasteiger partial charge in [0.1, 0.15) is 6.04 Å². The number of amides is 1. The van der Waals surface area contributed by atoms with Crippen molar-refractivity contribution in [3.8, 4) is 0 Å². The molecule has 0 heterocycles. The normalized spacial score (nSPS) is 13.7. The summed E-state index contributed by atoms with van der Waals surface area (Å²) in [6.45, 7) is 3.32. The van der Waals surface area contributed by atoms with Gasteiger partial charge in [0, 0.05) is 5.56 Å². The lowest BCUT2D eigenvalue weighted by Crippen LogP contribution is -2.44. The third-order valence-corrected chi connectivity index (χ3v) is 8.25. The van der Waals surface area contributed by atoms with Crippen LogP contribution >= 0.6 is 47.8 Å². The predicted molar refractivity (Wildman–Crippen MR) is 96.9 cm³/mol. The Morgan fingerprint density at radius 3 is 2.22 bits per heavy atom. The maximum Gasteiger partial charge on any atom is 0.326 e. The molecule has 2 N–H and O–H groups in total. The lowest BCUT2D eigenvalue weighted by Gasteiger charge is -2.18. The van der Waals surface area contributed by atoms with E-state index in [0.717, 1.165) is 0 Å². The SMILES string of the molecule is CC(C)C(NC(=O)c1cccc(S(=O)(=O)C(Br)(Br)Br)c1)C(=O)O. The van der Waals surface area contributed by atoms with Gasteiger partial charge in [-0.2, -0.15) is 0 Å². The van der Waals surface area contributed by atoms with Crippen molar-refractivity contribution in [1.29, 1.82) is 0 Å². The Balaban J connectivity index is 3.15. The van der Waals surface area contributed by atoms with Crippen LogP contribution in [0.5, 0.6) is 0 Å². The van der Waals surface area contributed by atoms with E-state index in [0.29, 0.717) is 0 Å². The van der Waals surface area contributed by atoms with E-state index in [-0.39, 0.29) is 16.4 Å². The standard InChI is InChI=1S/C13H14Br3NO5S/c1-7(2)10(12(19)20)17-11(18)8-4-3-5-9(6-8)23(21,22)13(14,15)16/h3-7,10H,1-2H3,(H,17,18)(H,19,20). The molecule has 0 aliphatic heterocycles. The summed E-state index contributed by atoms with van der Waals surface area (Å²) in [4.78, 5) is 23.2. The fourth-order valence-electron chi connectivity index (χ4n) is 1.68. The molecule has 0 saturated heterocycles. The van der Waals surface area contributed by atoms with Gasteiger partial charge in [0.05, 0.1) is 4.90 Å². The molecule has 0 radical (unpaired) electrons. The summed E-state index contributed by atoms with van der Waals surface area (Å²) >= 11 is 8.83. The van der Waals surface area contributed by atoms with Gasteiger partial charge in [0.15, 0.2) is 0 Å². The maximum atomic E-state index is 12.3. The lowest BCUT2D eigenvalue weighted by molar-refractivity contribution is -0.140. The van der Waals surface area contributed by atoms with E-state index in [1.165, 1.54) is 24.3 Å². The van der Waals surface area contributed by atoms with Gasteiger partial charge in [-0.25, -0.2) is 13.2 Å². The van der Waals surface area contributed by atoms with Crippen LogP contribution in [0.25, 0.3) is 0 Å². The molecule has 0 bridgehead atoms. The lowest BCUT2D eigenvalue weighted by atomic mass is 10.0. The second kappa shape index (κ2) is 7.62. The van der Waals surface area contributed by atoms with Gasteiger partial charge < -0.3 is 10.4 Å². The summed E-state index contributed by atoms with van der Waals surface area (Å²) < 4.78 is 23.0. The molecular formula is C13H14Br3NO5S. The van der Waals surface area contributed by atoms with Crippen LogP contribution in [0.2, 0.25) is 0 Å². The van der Waals surface area contributed by atoms with Gasteiger partial charge in [-0.05, 0) is 71.9 Å². The van der Waals surface area contributed by atoms with Crippen LogP contribution in [0, 0.1) is 5.92 Å². The summed E-state index contributed by atoms with van der Waals surface area (Å²) in [5, 5.41) is 11.5. The summed E-state index contributed by atoms with van der Waals surface area (Å²) in [6.07, 6.45) is 0. The highest BCUT2D eigenvalue weighted by Crippen LogP contribution is 2.43. The van der Waals surface area contributed by atoms with E-state index in [1.54, 1.807) is 13.8 Å². The van der Waals surface area contributed by atoms with Crippen molar-refractivity contribution in [2.24, 2.45) is 5.92 Å². The van der Waals surface area contributed by atoms with E-state index in [1.807, 2.05) is 0 Å². The molecule has 1 aromatic carbocycles. The Morgan fingerprint density at radius 2 is 1.78 bits per heavy atom. The quantitative estimate of drug-likeness (QED) is 0.564. The predicted octanol–water partition coefficient (Wildman–Crippen LogP) is 3.10. The largest absolute Gasteiger partial charge is 0.480 e. The first-order valence-electron chi connectivity index (χ1n) is 6.33. The Hall–Kier alpha value is -0.450. The minimum absolute atomic E-state index is 0.0507. The topological polar surface area (TPSA) is 101 Å². The minimum atomic E-state index is -3.84. The number of carbonyl (C=O) groups is 2. The highest BCUT2D eigenvalue weighted by atomic mass is 80.0. The van der Waals surface area contributed by atoms with Crippen LogP contribution in [0.1, 0.15) is 24.2 Å². The Bertz CT molecular complexity index is 713. The van der Waals surface area contributed by atoms with Crippen LogP contribution in [0.4, 0.5) is 0 Å². The molecule has 0 saturated carbocycles. The summed E-state index contributed by atoms with van der Waals surface area (Å²) in [7, 11) is -3.84. The number of hydrogen-bond donors (Lipinski definition) is 2. The fraction of sp³-hybridized carbons (Fsp3) is 0.385. The second-order valence-electron chi connectivity index (χ2n) is 5.01. The average molecular weight is 536 g/mol. The van der Waals surface area contributed by atoms with E-state index >= 15 is 0 Å². The van der Waals surface area contributed by atoms with Gasteiger partial charge in [0.25, 0.3) is 5.91 Å². The first-order valence-corrected chi connectivity index (χ1v) is 10.2. The number of sulfone groups is 1. The number of carboxylic acid groups (broad SMARTS) is 1. The van der Waals surface area contributed by atoms with Gasteiger partial charge in [0.2, 0.25) is 11.3 Å². The second-order valence-corrected chi connectivity index (χ2v) is 15.4. The van der Waals surface area contributed by atoms with Gasteiger partial charge >= 0.3 is 5.97 Å². The number of halogens is 3. The number of rotatable bonds is 5. The molecule has 1 amide bonds. The number of alkyl halides is 3. The molecule has 10 heteroatoms. The van der Waals surface area contributed by atoms with Crippen molar-refractivity contribution >= 4 is 69.5 Å². The smallest absolute Gasteiger partial charge is 0.326 e. The molecule has 0 aliphatic rings. The van der Waals surface area contributed by atoms with Crippen molar-refractivity contribution in [3.63, 3.8) is 0 Å². The van der Waals surface area contributed by atoms with Crippen LogP contribution < -0.4 is 5.32 Å². The number of nitrogens with one attached hydrogen (secondary N) is 1.